The maximum Gasteiger partial charge on any atom is 0.307 e. The Morgan fingerprint density at radius 3 is 2.30 bits per heavy atom. The number of esters is 1. The number of unbranched alkanes of at least 4 members (excludes halogenated alkanes) is 1. The molecule has 0 heterocycles. The van der Waals surface area contributed by atoms with Crippen LogP contribution in [0, 0.1) is 11.8 Å². The first-order chi connectivity index (χ1) is 10.8. The predicted molar refractivity (Wildman–Crippen MR) is 88.2 cm³/mol. The summed E-state index contributed by atoms with van der Waals surface area (Å²) in [7, 11) is 0. The average molecular weight is 328 g/mol. The van der Waals surface area contributed by atoms with E-state index >= 15 is 0 Å². The fraction of sp³-hybridized carbons (Fsp3) is 0.889. The molecule has 1 aliphatic carbocycles. The van der Waals surface area contributed by atoms with Gasteiger partial charge in [0.25, 0.3) is 0 Å². The molecule has 5 heteroatoms. The van der Waals surface area contributed by atoms with Crippen LogP contribution in [0.1, 0.15) is 72.1 Å². The van der Waals surface area contributed by atoms with Crippen LogP contribution in [0.3, 0.4) is 0 Å². The molecule has 0 aromatic heterocycles. The van der Waals surface area contributed by atoms with E-state index in [1.807, 2.05) is 20.8 Å². The molecule has 0 radical (unpaired) electrons. The highest BCUT2D eigenvalue weighted by molar-refractivity contribution is 5.78. The van der Waals surface area contributed by atoms with Crippen LogP contribution in [0.4, 0.5) is 0 Å². The summed E-state index contributed by atoms with van der Waals surface area (Å²) in [5.74, 6) is -1.42. The summed E-state index contributed by atoms with van der Waals surface area (Å²) in [5, 5.41) is 9.28. The number of hydrogen-bond donors (Lipinski definition) is 1. The molecule has 0 bridgehead atoms. The van der Waals surface area contributed by atoms with E-state index in [-0.39, 0.29) is 12.0 Å². The molecule has 1 aliphatic rings. The first-order valence-corrected chi connectivity index (χ1v) is 8.80. The molecule has 1 atom stereocenters. The van der Waals surface area contributed by atoms with E-state index in [4.69, 9.17) is 9.47 Å². The second kappa shape index (κ2) is 9.91. The fourth-order valence-electron chi connectivity index (χ4n) is 2.95. The Morgan fingerprint density at radius 2 is 1.74 bits per heavy atom. The average Bonchev–Trinajstić information content (AvgIpc) is 2.93. The Bertz CT molecular complexity index is 366. The lowest BCUT2D eigenvalue weighted by atomic mass is 9.91. The van der Waals surface area contributed by atoms with Gasteiger partial charge in [-0.1, -0.05) is 25.7 Å². The maximum absolute atomic E-state index is 11.8. The molecule has 0 aromatic carbocycles. The van der Waals surface area contributed by atoms with Crippen molar-refractivity contribution in [1.82, 2.24) is 0 Å². The molecular formula is C18H32O5. The molecule has 0 aliphatic heterocycles. The number of carbonyl (C=O) groups excluding carboxylic acids is 1. The van der Waals surface area contributed by atoms with Gasteiger partial charge in [0.15, 0.2) is 0 Å². The van der Waals surface area contributed by atoms with E-state index in [1.165, 1.54) is 12.8 Å². The molecular weight excluding hydrogens is 296 g/mol. The highest BCUT2D eigenvalue weighted by Crippen LogP contribution is 2.31. The van der Waals surface area contributed by atoms with Crippen LogP contribution in [-0.2, 0) is 19.1 Å². The summed E-state index contributed by atoms with van der Waals surface area (Å²) in [6, 6.07) is 0. The van der Waals surface area contributed by atoms with Gasteiger partial charge in [0.2, 0.25) is 0 Å². The molecule has 5 nitrogen and oxygen atoms in total. The molecule has 1 saturated carbocycles. The molecule has 0 unspecified atom stereocenters. The standard InChI is InChI=1S/C18H32O5/c1-18(2,3)23-11-7-6-10-22-16(19)13-15(17(20)21)12-14-8-4-5-9-14/h14-15H,4-13H2,1-3H3,(H,20,21)/t15-/m1/s1. The van der Waals surface area contributed by atoms with Crippen molar-refractivity contribution in [3.8, 4) is 0 Å². The van der Waals surface area contributed by atoms with E-state index in [0.717, 1.165) is 25.7 Å². The van der Waals surface area contributed by atoms with Crippen LogP contribution >= 0.6 is 0 Å². The van der Waals surface area contributed by atoms with E-state index in [1.54, 1.807) is 0 Å². The second-order valence-corrected chi connectivity index (χ2v) is 7.51. The second-order valence-electron chi connectivity index (χ2n) is 7.51. The third kappa shape index (κ3) is 9.59. The summed E-state index contributed by atoms with van der Waals surface area (Å²) in [6.45, 7) is 6.98. The monoisotopic (exact) mass is 328 g/mol. The van der Waals surface area contributed by atoms with Crippen LogP contribution in [0.25, 0.3) is 0 Å². The number of ether oxygens (including phenoxy) is 2. The van der Waals surface area contributed by atoms with E-state index in [0.29, 0.717) is 25.6 Å². The highest BCUT2D eigenvalue weighted by Gasteiger charge is 2.27. The van der Waals surface area contributed by atoms with Gasteiger partial charge in [-0.15, -0.1) is 0 Å². The Balaban J connectivity index is 2.16. The van der Waals surface area contributed by atoms with Crippen LogP contribution < -0.4 is 0 Å². The molecule has 1 N–H and O–H groups in total. The Morgan fingerprint density at radius 1 is 1.13 bits per heavy atom. The van der Waals surface area contributed by atoms with Crippen LogP contribution in [0.15, 0.2) is 0 Å². The van der Waals surface area contributed by atoms with E-state index in [2.05, 4.69) is 0 Å². The quantitative estimate of drug-likeness (QED) is 0.488. The number of hydrogen-bond acceptors (Lipinski definition) is 4. The minimum Gasteiger partial charge on any atom is -0.481 e. The van der Waals surface area contributed by atoms with Crippen molar-refractivity contribution in [3.05, 3.63) is 0 Å². The van der Waals surface area contributed by atoms with Gasteiger partial charge in [-0.25, -0.2) is 0 Å². The molecule has 0 aromatic rings. The number of carbonyl (C=O) groups is 2. The summed E-state index contributed by atoms with van der Waals surface area (Å²) in [5.41, 5.74) is -0.147. The number of rotatable bonds is 10. The summed E-state index contributed by atoms with van der Waals surface area (Å²) in [4.78, 5) is 23.1. The topological polar surface area (TPSA) is 72.8 Å². The molecule has 134 valence electrons. The normalized spacial score (nSPS) is 17.2. The lowest BCUT2D eigenvalue weighted by molar-refractivity contribution is -0.152. The Hall–Kier alpha value is -1.10. The third-order valence-corrected chi connectivity index (χ3v) is 4.19. The number of carboxylic acid groups (broad SMARTS) is 1. The van der Waals surface area contributed by atoms with Gasteiger partial charge in [-0.2, -0.15) is 0 Å². The first kappa shape index (κ1) is 19.9. The molecule has 23 heavy (non-hydrogen) atoms. The van der Waals surface area contributed by atoms with Crippen molar-refractivity contribution >= 4 is 11.9 Å². The summed E-state index contributed by atoms with van der Waals surface area (Å²) in [6.07, 6.45) is 6.70. The zero-order valence-electron chi connectivity index (χ0n) is 14.8. The van der Waals surface area contributed by atoms with Crippen molar-refractivity contribution < 1.29 is 24.2 Å². The molecule has 0 saturated heterocycles. The smallest absolute Gasteiger partial charge is 0.307 e. The highest BCUT2D eigenvalue weighted by atomic mass is 16.5. The van der Waals surface area contributed by atoms with Gasteiger partial charge in [-0.05, 0) is 46.0 Å². The predicted octanol–water partition coefficient (Wildman–Crippen LogP) is 3.80. The lowest BCUT2D eigenvalue weighted by Crippen LogP contribution is -2.22. The fourth-order valence-corrected chi connectivity index (χ4v) is 2.95. The zero-order chi connectivity index (χ0) is 17.3. The van der Waals surface area contributed by atoms with Crippen molar-refractivity contribution in [2.45, 2.75) is 77.7 Å². The van der Waals surface area contributed by atoms with E-state index in [9.17, 15) is 14.7 Å². The van der Waals surface area contributed by atoms with Gasteiger partial charge in [0, 0.05) is 6.61 Å². The number of carboxylic acids is 1. The van der Waals surface area contributed by atoms with Crippen molar-refractivity contribution in [1.29, 1.82) is 0 Å². The Labute approximate surface area is 139 Å². The van der Waals surface area contributed by atoms with Gasteiger partial charge in [0.05, 0.1) is 24.5 Å². The SMILES string of the molecule is CC(C)(C)OCCCCOC(=O)C[C@@H](CC1CCCC1)C(=O)O. The summed E-state index contributed by atoms with van der Waals surface area (Å²) < 4.78 is 10.8. The van der Waals surface area contributed by atoms with Gasteiger partial charge < -0.3 is 14.6 Å². The van der Waals surface area contributed by atoms with Crippen molar-refractivity contribution in [2.24, 2.45) is 11.8 Å². The largest absolute Gasteiger partial charge is 0.481 e. The van der Waals surface area contributed by atoms with Gasteiger partial charge in [0.1, 0.15) is 0 Å². The first-order valence-electron chi connectivity index (χ1n) is 8.80. The van der Waals surface area contributed by atoms with Crippen LogP contribution in [0.5, 0.6) is 0 Å². The van der Waals surface area contributed by atoms with Crippen molar-refractivity contribution in [3.63, 3.8) is 0 Å². The van der Waals surface area contributed by atoms with Gasteiger partial charge in [-0.3, -0.25) is 9.59 Å². The van der Waals surface area contributed by atoms with Gasteiger partial charge >= 0.3 is 11.9 Å². The molecule has 1 fully saturated rings. The lowest BCUT2D eigenvalue weighted by Gasteiger charge is -2.19. The summed E-state index contributed by atoms with van der Waals surface area (Å²) >= 11 is 0. The Kier molecular flexibility index (Phi) is 8.59. The van der Waals surface area contributed by atoms with E-state index < -0.39 is 17.9 Å². The van der Waals surface area contributed by atoms with Crippen molar-refractivity contribution in [2.75, 3.05) is 13.2 Å². The number of aliphatic carboxylic acids is 1. The minimum absolute atomic E-state index is 0.00960. The molecule has 1 rings (SSSR count). The molecule has 0 spiro atoms. The van der Waals surface area contributed by atoms with Crippen LogP contribution in [0.2, 0.25) is 0 Å². The minimum atomic E-state index is -0.882. The molecule has 0 amide bonds. The maximum atomic E-state index is 11.8. The third-order valence-electron chi connectivity index (χ3n) is 4.19. The zero-order valence-corrected chi connectivity index (χ0v) is 14.8. The van der Waals surface area contributed by atoms with Crippen LogP contribution in [-0.4, -0.2) is 35.9 Å².